The van der Waals surface area contributed by atoms with Crippen molar-refractivity contribution in [2.45, 2.75) is 30.0 Å². The number of halogens is 1. The smallest absolute Gasteiger partial charge is 0.246 e. The van der Waals surface area contributed by atoms with Crippen LogP contribution in [0.25, 0.3) is 0 Å². The summed E-state index contributed by atoms with van der Waals surface area (Å²) in [6.45, 7) is 4.01. The average molecular weight is 342 g/mol. The van der Waals surface area contributed by atoms with E-state index in [1.807, 2.05) is 39.1 Å². The summed E-state index contributed by atoms with van der Waals surface area (Å²) in [5.74, 6) is 2.00. The predicted octanol–water partition coefficient (Wildman–Crippen LogP) is 3.58. The number of nitrogens with one attached hydrogen (secondary N) is 1. The van der Waals surface area contributed by atoms with Crippen LogP contribution in [0.4, 0.5) is 0 Å². The second-order valence-electron chi connectivity index (χ2n) is 4.61. The van der Waals surface area contributed by atoms with Crippen molar-refractivity contribution in [1.29, 1.82) is 0 Å². The van der Waals surface area contributed by atoms with E-state index < -0.39 is 0 Å². The summed E-state index contributed by atoms with van der Waals surface area (Å²) in [4.78, 5) is 5.59. The molecule has 1 aromatic heterocycles. The van der Waals surface area contributed by atoms with Gasteiger partial charge in [-0.2, -0.15) is 4.98 Å². The van der Waals surface area contributed by atoms with Gasteiger partial charge in [0.15, 0.2) is 5.82 Å². The summed E-state index contributed by atoms with van der Waals surface area (Å²) in [5, 5.41) is 7.16. The van der Waals surface area contributed by atoms with E-state index in [2.05, 4.69) is 37.5 Å². The van der Waals surface area contributed by atoms with Gasteiger partial charge in [0.1, 0.15) is 0 Å². The van der Waals surface area contributed by atoms with Gasteiger partial charge in [0.25, 0.3) is 0 Å². The van der Waals surface area contributed by atoms with E-state index in [9.17, 15) is 0 Å². The van der Waals surface area contributed by atoms with E-state index in [4.69, 9.17) is 4.52 Å². The minimum absolute atomic E-state index is 0.302. The standard InChI is InChI=1S/C13H16BrN3OS/c1-13(2,15-3)12-16-11(17-18-12)8-19-10-7-5-4-6-9(10)14/h4-7,15H,8H2,1-3H3. The molecule has 1 aromatic carbocycles. The Balaban J connectivity index is 2.03. The van der Waals surface area contributed by atoms with Crippen molar-refractivity contribution in [3.63, 3.8) is 0 Å². The lowest BCUT2D eigenvalue weighted by molar-refractivity contribution is 0.280. The SMILES string of the molecule is CNC(C)(C)c1nc(CSc2ccccc2Br)no1. The largest absolute Gasteiger partial charge is 0.337 e. The number of benzene rings is 1. The lowest BCUT2D eigenvalue weighted by Gasteiger charge is -2.17. The Morgan fingerprint density at radius 2 is 2.11 bits per heavy atom. The van der Waals surface area contributed by atoms with Gasteiger partial charge in [0.05, 0.1) is 11.3 Å². The molecule has 6 heteroatoms. The van der Waals surface area contributed by atoms with Crippen molar-refractivity contribution >= 4 is 27.7 Å². The molecule has 1 heterocycles. The Labute approximate surface area is 125 Å². The molecule has 2 rings (SSSR count). The van der Waals surface area contributed by atoms with Gasteiger partial charge >= 0.3 is 0 Å². The molecule has 0 amide bonds. The zero-order valence-corrected chi connectivity index (χ0v) is 13.5. The van der Waals surface area contributed by atoms with Crippen LogP contribution in [-0.2, 0) is 11.3 Å². The van der Waals surface area contributed by atoms with Crippen LogP contribution < -0.4 is 5.32 Å². The van der Waals surface area contributed by atoms with E-state index >= 15 is 0 Å². The summed E-state index contributed by atoms with van der Waals surface area (Å²) < 4.78 is 6.37. The molecular formula is C13H16BrN3OS. The van der Waals surface area contributed by atoms with Crippen LogP contribution in [0.15, 0.2) is 38.2 Å². The fraction of sp³-hybridized carbons (Fsp3) is 0.385. The zero-order chi connectivity index (χ0) is 13.9. The summed E-state index contributed by atoms with van der Waals surface area (Å²) in [7, 11) is 1.87. The second kappa shape index (κ2) is 6.07. The summed E-state index contributed by atoms with van der Waals surface area (Å²) in [6, 6.07) is 8.09. The number of nitrogens with zero attached hydrogens (tertiary/aromatic N) is 2. The van der Waals surface area contributed by atoms with Crippen LogP contribution in [0, 0.1) is 0 Å². The average Bonchev–Trinajstić information content (AvgIpc) is 2.87. The number of hydrogen-bond acceptors (Lipinski definition) is 5. The third-order valence-corrected chi connectivity index (χ3v) is 4.84. The molecule has 0 bridgehead atoms. The first kappa shape index (κ1) is 14.6. The molecule has 0 aliphatic heterocycles. The van der Waals surface area contributed by atoms with E-state index in [0.717, 1.165) is 4.47 Å². The number of rotatable bonds is 5. The van der Waals surface area contributed by atoms with E-state index in [0.29, 0.717) is 17.5 Å². The van der Waals surface area contributed by atoms with Crippen molar-refractivity contribution in [3.05, 3.63) is 40.5 Å². The molecule has 0 aliphatic carbocycles. The first-order valence-electron chi connectivity index (χ1n) is 5.92. The molecule has 102 valence electrons. The fourth-order valence-corrected chi connectivity index (χ4v) is 2.79. The monoisotopic (exact) mass is 341 g/mol. The molecule has 0 aliphatic rings. The molecule has 0 fully saturated rings. The van der Waals surface area contributed by atoms with Gasteiger partial charge in [-0.1, -0.05) is 17.3 Å². The van der Waals surface area contributed by atoms with Crippen LogP contribution in [0.5, 0.6) is 0 Å². The maximum Gasteiger partial charge on any atom is 0.246 e. The third-order valence-electron chi connectivity index (χ3n) is 2.82. The number of hydrogen-bond donors (Lipinski definition) is 1. The minimum Gasteiger partial charge on any atom is -0.337 e. The molecule has 0 saturated carbocycles. The van der Waals surface area contributed by atoms with Crippen molar-refractivity contribution in [2.24, 2.45) is 0 Å². The lowest BCUT2D eigenvalue weighted by atomic mass is 10.1. The van der Waals surface area contributed by atoms with Crippen molar-refractivity contribution in [2.75, 3.05) is 7.05 Å². The van der Waals surface area contributed by atoms with Gasteiger partial charge < -0.3 is 9.84 Å². The maximum absolute atomic E-state index is 5.29. The third kappa shape index (κ3) is 3.58. The zero-order valence-electron chi connectivity index (χ0n) is 11.1. The molecule has 0 radical (unpaired) electrons. The summed E-state index contributed by atoms with van der Waals surface area (Å²) in [6.07, 6.45) is 0. The van der Waals surface area contributed by atoms with Crippen molar-refractivity contribution in [1.82, 2.24) is 15.5 Å². The van der Waals surface area contributed by atoms with Gasteiger partial charge in [-0.15, -0.1) is 11.8 Å². The van der Waals surface area contributed by atoms with Crippen LogP contribution >= 0.6 is 27.7 Å². The normalized spacial score (nSPS) is 11.8. The number of thioether (sulfide) groups is 1. The quantitative estimate of drug-likeness (QED) is 0.842. The Morgan fingerprint density at radius 1 is 1.37 bits per heavy atom. The van der Waals surface area contributed by atoms with Crippen LogP contribution in [-0.4, -0.2) is 17.2 Å². The minimum atomic E-state index is -0.302. The Kier molecular flexibility index (Phi) is 4.65. The van der Waals surface area contributed by atoms with Gasteiger partial charge in [0, 0.05) is 9.37 Å². The topological polar surface area (TPSA) is 51.0 Å². The highest BCUT2D eigenvalue weighted by Crippen LogP contribution is 2.29. The molecule has 0 spiro atoms. The highest BCUT2D eigenvalue weighted by atomic mass is 79.9. The molecular weight excluding hydrogens is 326 g/mol. The maximum atomic E-state index is 5.29. The van der Waals surface area contributed by atoms with Gasteiger partial charge in [-0.05, 0) is 49.0 Å². The predicted molar refractivity (Wildman–Crippen MR) is 80.1 cm³/mol. The molecule has 4 nitrogen and oxygen atoms in total. The molecule has 19 heavy (non-hydrogen) atoms. The van der Waals surface area contributed by atoms with Gasteiger partial charge in [0.2, 0.25) is 5.89 Å². The lowest BCUT2D eigenvalue weighted by Crippen LogP contribution is -2.33. The highest BCUT2D eigenvalue weighted by Gasteiger charge is 2.25. The Hall–Kier alpha value is -0.850. The molecule has 0 atom stereocenters. The number of aromatic nitrogens is 2. The molecule has 2 aromatic rings. The Morgan fingerprint density at radius 3 is 2.79 bits per heavy atom. The van der Waals surface area contributed by atoms with Gasteiger partial charge in [-0.25, -0.2) is 0 Å². The van der Waals surface area contributed by atoms with Crippen LogP contribution in [0.2, 0.25) is 0 Å². The van der Waals surface area contributed by atoms with Crippen LogP contribution in [0.3, 0.4) is 0 Å². The van der Waals surface area contributed by atoms with E-state index in [1.165, 1.54) is 4.90 Å². The molecule has 1 N–H and O–H groups in total. The summed E-state index contributed by atoms with van der Waals surface area (Å²) >= 11 is 5.20. The van der Waals surface area contributed by atoms with Crippen LogP contribution in [0.1, 0.15) is 25.6 Å². The van der Waals surface area contributed by atoms with Gasteiger partial charge in [-0.3, -0.25) is 0 Å². The Bertz CT molecular complexity index is 556. The first-order chi connectivity index (χ1) is 9.03. The molecule has 0 unspecified atom stereocenters. The fourth-order valence-electron chi connectivity index (χ4n) is 1.38. The summed E-state index contributed by atoms with van der Waals surface area (Å²) in [5.41, 5.74) is -0.302. The highest BCUT2D eigenvalue weighted by molar-refractivity contribution is 9.10. The molecule has 0 saturated heterocycles. The van der Waals surface area contributed by atoms with E-state index in [-0.39, 0.29) is 5.54 Å². The van der Waals surface area contributed by atoms with E-state index in [1.54, 1.807) is 11.8 Å². The first-order valence-corrected chi connectivity index (χ1v) is 7.70. The van der Waals surface area contributed by atoms with Crippen molar-refractivity contribution < 1.29 is 4.52 Å². The van der Waals surface area contributed by atoms with Crippen molar-refractivity contribution in [3.8, 4) is 0 Å². The second-order valence-corrected chi connectivity index (χ2v) is 6.48.